The van der Waals surface area contributed by atoms with E-state index in [1.807, 2.05) is 13.0 Å². The summed E-state index contributed by atoms with van der Waals surface area (Å²) in [5.74, 6) is 2.23. The number of halogens is 1. The number of aryl methyl sites for hydroxylation is 1. The maximum Gasteiger partial charge on any atom is 0.230 e. The van der Waals surface area contributed by atoms with E-state index in [1.165, 1.54) is 31.4 Å². The van der Waals surface area contributed by atoms with Crippen molar-refractivity contribution in [2.24, 2.45) is 0 Å². The summed E-state index contributed by atoms with van der Waals surface area (Å²) < 4.78 is 13.2. The van der Waals surface area contributed by atoms with Gasteiger partial charge in [0, 0.05) is 32.2 Å². The van der Waals surface area contributed by atoms with Crippen LogP contribution >= 0.6 is 0 Å². The van der Waals surface area contributed by atoms with Gasteiger partial charge >= 0.3 is 0 Å². The number of hydrogen-bond acceptors (Lipinski definition) is 5. The predicted octanol–water partition coefficient (Wildman–Crippen LogP) is 3.17. The van der Waals surface area contributed by atoms with Crippen LogP contribution < -0.4 is 15.5 Å². The van der Waals surface area contributed by atoms with Gasteiger partial charge in [-0.05, 0) is 56.7 Å². The van der Waals surface area contributed by atoms with Crippen LogP contribution in [0.5, 0.6) is 0 Å². The summed E-state index contributed by atoms with van der Waals surface area (Å²) in [5.41, 5.74) is 0.405. The number of carbonyl (C=O) groups is 1. The lowest BCUT2D eigenvalue weighted by Gasteiger charge is -2.28. The van der Waals surface area contributed by atoms with Crippen LogP contribution in [0.15, 0.2) is 30.3 Å². The van der Waals surface area contributed by atoms with Crippen LogP contribution in [0.2, 0.25) is 0 Å². The van der Waals surface area contributed by atoms with Gasteiger partial charge in [0.1, 0.15) is 23.3 Å². The highest BCUT2D eigenvalue weighted by Crippen LogP contribution is 2.48. The Balaban J connectivity index is 1.30. The molecule has 1 aliphatic heterocycles. The summed E-state index contributed by atoms with van der Waals surface area (Å²) in [7, 11) is 0. The lowest BCUT2D eigenvalue weighted by Crippen LogP contribution is -2.37. The molecule has 1 saturated carbocycles. The molecule has 2 N–H and O–H groups in total. The van der Waals surface area contributed by atoms with Crippen LogP contribution in [0, 0.1) is 12.7 Å². The number of aromatic nitrogens is 2. The summed E-state index contributed by atoms with van der Waals surface area (Å²) in [5, 5.41) is 6.31. The zero-order valence-electron chi connectivity index (χ0n) is 16.9. The quantitative estimate of drug-likeness (QED) is 0.703. The van der Waals surface area contributed by atoms with Crippen molar-refractivity contribution in [2.45, 2.75) is 44.4 Å². The zero-order chi connectivity index (χ0) is 20.3. The van der Waals surface area contributed by atoms with E-state index in [-0.39, 0.29) is 11.7 Å². The minimum absolute atomic E-state index is 0.0128. The van der Waals surface area contributed by atoms with Gasteiger partial charge in [-0.25, -0.2) is 14.4 Å². The maximum atomic E-state index is 13.2. The predicted molar refractivity (Wildman–Crippen MR) is 112 cm³/mol. The Morgan fingerprint density at radius 3 is 2.52 bits per heavy atom. The van der Waals surface area contributed by atoms with Crippen LogP contribution in [0.3, 0.4) is 0 Å². The SMILES string of the molecule is Cc1nc(NCCNC(=O)C2(c3ccc(F)cc3)CC2)cc(N2CCCCC2)n1. The van der Waals surface area contributed by atoms with Gasteiger partial charge in [-0.15, -0.1) is 0 Å². The molecule has 154 valence electrons. The number of nitrogens with zero attached hydrogens (tertiary/aromatic N) is 3. The van der Waals surface area contributed by atoms with Gasteiger partial charge in [-0.2, -0.15) is 0 Å². The number of anilines is 2. The number of amides is 1. The molecule has 2 aliphatic rings. The van der Waals surface area contributed by atoms with E-state index < -0.39 is 5.41 Å². The highest BCUT2D eigenvalue weighted by Gasteiger charge is 2.50. The Bertz CT molecular complexity index is 860. The molecule has 2 heterocycles. The normalized spacial score (nSPS) is 17.7. The number of carbonyl (C=O) groups excluding carboxylic acids is 1. The number of benzene rings is 1. The number of rotatable bonds is 7. The molecule has 1 saturated heterocycles. The van der Waals surface area contributed by atoms with Crippen molar-refractivity contribution in [3.8, 4) is 0 Å². The van der Waals surface area contributed by atoms with E-state index in [1.54, 1.807) is 12.1 Å². The van der Waals surface area contributed by atoms with Crippen LogP contribution in [0.25, 0.3) is 0 Å². The minimum atomic E-state index is -0.485. The van der Waals surface area contributed by atoms with Crippen molar-refractivity contribution in [3.63, 3.8) is 0 Å². The molecule has 0 spiro atoms. The second-order valence-corrected chi connectivity index (χ2v) is 7.98. The van der Waals surface area contributed by atoms with Crippen molar-refractivity contribution in [1.82, 2.24) is 15.3 Å². The van der Waals surface area contributed by atoms with Gasteiger partial charge in [0.05, 0.1) is 5.41 Å². The fraction of sp³-hybridized carbons (Fsp3) is 0.500. The van der Waals surface area contributed by atoms with E-state index in [0.717, 1.165) is 49.0 Å². The molecule has 1 amide bonds. The Labute approximate surface area is 170 Å². The van der Waals surface area contributed by atoms with E-state index in [9.17, 15) is 9.18 Å². The zero-order valence-corrected chi connectivity index (χ0v) is 16.9. The van der Waals surface area contributed by atoms with Crippen molar-refractivity contribution < 1.29 is 9.18 Å². The van der Waals surface area contributed by atoms with Gasteiger partial charge in [-0.3, -0.25) is 4.79 Å². The Hall–Kier alpha value is -2.70. The third-order valence-electron chi connectivity index (χ3n) is 5.80. The molecule has 0 radical (unpaired) electrons. The number of piperidine rings is 1. The third-order valence-corrected chi connectivity index (χ3v) is 5.80. The largest absolute Gasteiger partial charge is 0.368 e. The molecule has 4 rings (SSSR count). The average molecular weight is 397 g/mol. The standard InChI is InChI=1S/C22H28FN5O/c1-16-26-19(15-20(27-16)28-13-3-2-4-14-28)24-11-12-25-21(29)22(9-10-22)17-5-7-18(23)8-6-17/h5-8,15H,2-4,9-14H2,1H3,(H,25,29)(H,24,26,27). The molecule has 1 aromatic heterocycles. The summed E-state index contributed by atoms with van der Waals surface area (Å²) in [6, 6.07) is 8.25. The maximum absolute atomic E-state index is 13.2. The van der Waals surface area contributed by atoms with Crippen LogP contribution in [-0.4, -0.2) is 42.1 Å². The smallest absolute Gasteiger partial charge is 0.230 e. The van der Waals surface area contributed by atoms with Gasteiger partial charge in [0.2, 0.25) is 5.91 Å². The van der Waals surface area contributed by atoms with Crippen LogP contribution in [-0.2, 0) is 10.2 Å². The molecule has 0 atom stereocenters. The molecule has 0 bridgehead atoms. The van der Waals surface area contributed by atoms with Crippen LogP contribution in [0.4, 0.5) is 16.0 Å². The highest BCUT2D eigenvalue weighted by atomic mass is 19.1. The first-order chi connectivity index (χ1) is 14.1. The first-order valence-corrected chi connectivity index (χ1v) is 10.5. The molecule has 0 unspecified atom stereocenters. The molecule has 7 heteroatoms. The topological polar surface area (TPSA) is 70.2 Å². The summed E-state index contributed by atoms with van der Waals surface area (Å²) in [4.78, 5) is 24.0. The van der Waals surface area contributed by atoms with E-state index >= 15 is 0 Å². The lowest BCUT2D eigenvalue weighted by atomic mass is 9.95. The minimum Gasteiger partial charge on any atom is -0.368 e. The van der Waals surface area contributed by atoms with Crippen molar-refractivity contribution in [1.29, 1.82) is 0 Å². The summed E-state index contributed by atoms with van der Waals surface area (Å²) >= 11 is 0. The Morgan fingerprint density at radius 1 is 1.10 bits per heavy atom. The van der Waals surface area contributed by atoms with E-state index in [0.29, 0.717) is 13.1 Å². The Kier molecular flexibility index (Phi) is 5.65. The van der Waals surface area contributed by atoms with E-state index in [4.69, 9.17) is 0 Å². The molecular formula is C22H28FN5O. The molecule has 29 heavy (non-hydrogen) atoms. The van der Waals surface area contributed by atoms with E-state index in [2.05, 4.69) is 25.5 Å². The van der Waals surface area contributed by atoms with Gasteiger partial charge in [0.15, 0.2) is 0 Å². The fourth-order valence-corrected chi connectivity index (χ4v) is 4.00. The Morgan fingerprint density at radius 2 is 1.83 bits per heavy atom. The average Bonchev–Trinajstić information content (AvgIpc) is 3.54. The monoisotopic (exact) mass is 397 g/mol. The molecule has 1 aliphatic carbocycles. The summed E-state index contributed by atoms with van der Waals surface area (Å²) in [6.07, 6.45) is 5.30. The number of nitrogens with one attached hydrogen (secondary N) is 2. The second-order valence-electron chi connectivity index (χ2n) is 7.98. The molecule has 6 nitrogen and oxygen atoms in total. The molecule has 2 aromatic rings. The van der Waals surface area contributed by atoms with Crippen molar-refractivity contribution in [2.75, 3.05) is 36.4 Å². The van der Waals surface area contributed by atoms with Crippen molar-refractivity contribution >= 4 is 17.5 Å². The van der Waals surface area contributed by atoms with Gasteiger partial charge < -0.3 is 15.5 Å². The number of hydrogen-bond donors (Lipinski definition) is 2. The first-order valence-electron chi connectivity index (χ1n) is 10.5. The molecule has 2 fully saturated rings. The van der Waals surface area contributed by atoms with Gasteiger partial charge in [0.25, 0.3) is 0 Å². The fourth-order valence-electron chi connectivity index (χ4n) is 4.00. The van der Waals surface area contributed by atoms with Gasteiger partial charge in [-0.1, -0.05) is 12.1 Å². The second kappa shape index (κ2) is 8.35. The molecular weight excluding hydrogens is 369 g/mol. The lowest BCUT2D eigenvalue weighted by molar-refractivity contribution is -0.123. The first kappa shape index (κ1) is 19.6. The molecule has 1 aromatic carbocycles. The summed E-state index contributed by atoms with van der Waals surface area (Å²) in [6.45, 7) is 5.07. The van der Waals surface area contributed by atoms with Crippen molar-refractivity contribution in [3.05, 3.63) is 47.5 Å². The highest BCUT2D eigenvalue weighted by molar-refractivity contribution is 5.91. The third kappa shape index (κ3) is 4.49. The van der Waals surface area contributed by atoms with Crippen LogP contribution in [0.1, 0.15) is 43.5 Å².